The van der Waals surface area contributed by atoms with Gasteiger partial charge in [0, 0.05) is 25.6 Å². The van der Waals surface area contributed by atoms with Gasteiger partial charge in [-0.15, -0.1) is 0 Å². The molecule has 0 spiro atoms. The smallest absolute Gasteiger partial charge is 0.222 e. The number of nitrogens with one attached hydrogen (secondary N) is 1. The zero-order valence-corrected chi connectivity index (χ0v) is 14.2. The normalized spacial score (nSPS) is 17.4. The standard InChI is InChI=1S/C21H26N2O/c24-21-12-11-20(13-15-22-17-19-9-5-2-6-10-19)23(21)16-14-18-7-3-1-4-8-18/h1-10,20,22H,11-17H2. The first kappa shape index (κ1) is 16.7. The summed E-state index contributed by atoms with van der Waals surface area (Å²) in [6.45, 7) is 2.69. The highest BCUT2D eigenvalue weighted by Gasteiger charge is 2.29. The van der Waals surface area contributed by atoms with Crippen LogP contribution in [0.25, 0.3) is 0 Å². The minimum atomic E-state index is 0.319. The summed E-state index contributed by atoms with van der Waals surface area (Å²) < 4.78 is 0. The van der Waals surface area contributed by atoms with Crippen molar-refractivity contribution in [2.24, 2.45) is 0 Å². The van der Waals surface area contributed by atoms with Gasteiger partial charge in [-0.25, -0.2) is 0 Å². The Balaban J connectivity index is 1.43. The van der Waals surface area contributed by atoms with Crippen LogP contribution in [0.5, 0.6) is 0 Å². The van der Waals surface area contributed by atoms with E-state index in [1.54, 1.807) is 0 Å². The number of nitrogens with zero attached hydrogens (tertiary/aromatic N) is 1. The molecule has 1 N–H and O–H groups in total. The summed E-state index contributed by atoms with van der Waals surface area (Å²) in [6, 6.07) is 21.3. The van der Waals surface area contributed by atoms with Crippen LogP contribution in [-0.4, -0.2) is 29.9 Å². The van der Waals surface area contributed by atoms with E-state index in [0.29, 0.717) is 18.4 Å². The van der Waals surface area contributed by atoms with Crippen molar-refractivity contribution in [2.75, 3.05) is 13.1 Å². The second-order valence-electron chi connectivity index (χ2n) is 6.47. The quantitative estimate of drug-likeness (QED) is 0.756. The van der Waals surface area contributed by atoms with Crippen LogP contribution in [0.1, 0.15) is 30.4 Å². The van der Waals surface area contributed by atoms with Gasteiger partial charge in [-0.2, -0.15) is 0 Å². The Kier molecular flexibility index (Phi) is 6.02. The second-order valence-corrected chi connectivity index (χ2v) is 6.47. The third-order valence-corrected chi connectivity index (χ3v) is 4.76. The fourth-order valence-electron chi connectivity index (χ4n) is 3.39. The van der Waals surface area contributed by atoms with Crippen molar-refractivity contribution in [3.05, 3.63) is 71.8 Å². The molecule has 1 fully saturated rings. The van der Waals surface area contributed by atoms with E-state index in [0.717, 1.165) is 38.9 Å². The van der Waals surface area contributed by atoms with Gasteiger partial charge in [0.15, 0.2) is 0 Å². The lowest BCUT2D eigenvalue weighted by molar-refractivity contribution is -0.129. The lowest BCUT2D eigenvalue weighted by atomic mass is 10.1. The lowest BCUT2D eigenvalue weighted by Gasteiger charge is -2.25. The van der Waals surface area contributed by atoms with Gasteiger partial charge >= 0.3 is 0 Å². The maximum atomic E-state index is 12.2. The molecule has 1 aliphatic rings. The largest absolute Gasteiger partial charge is 0.339 e. The van der Waals surface area contributed by atoms with E-state index in [2.05, 4.69) is 58.7 Å². The van der Waals surface area contributed by atoms with Crippen molar-refractivity contribution in [2.45, 2.75) is 38.3 Å². The van der Waals surface area contributed by atoms with E-state index in [1.807, 2.05) is 12.1 Å². The first-order valence-electron chi connectivity index (χ1n) is 8.91. The fourth-order valence-corrected chi connectivity index (χ4v) is 3.39. The molecule has 1 aliphatic heterocycles. The van der Waals surface area contributed by atoms with Crippen LogP contribution in [0.4, 0.5) is 0 Å². The highest BCUT2D eigenvalue weighted by atomic mass is 16.2. The minimum Gasteiger partial charge on any atom is -0.339 e. The summed E-state index contributed by atoms with van der Waals surface area (Å²) in [5.41, 5.74) is 2.61. The molecule has 1 amide bonds. The second kappa shape index (κ2) is 8.65. The number of likely N-dealkylation sites (tertiary alicyclic amines) is 1. The van der Waals surface area contributed by atoms with Gasteiger partial charge in [-0.1, -0.05) is 60.7 Å². The molecule has 0 aromatic heterocycles. The molecule has 2 aromatic rings. The van der Waals surface area contributed by atoms with Crippen LogP contribution in [0.15, 0.2) is 60.7 Å². The van der Waals surface area contributed by atoms with Crippen molar-refractivity contribution in [3.8, 4) is 0 Å². The van der Waals surface area contributed by atoms with Gasteiger partial charge in [0.05, 0.1) is 0 Å². The Morgan fingerprint density at radius 1 is 0.958 bits per heavy atom. The topological polar surface area (TPSA) is 32.3 Å². The molecule has 1 saturated heterocycles. The molecule has 1 unspecified atom stereocenters. The molecule has 1 atom stereocenters. The van der Waals surface area contributed by atoms with Gasteiger partial charge in [0.2, 0.25) is 5.91 Å². The zero-order valence-electron chi connectivity index (χ0n) is 14.2. The van der Waals surface area contributed by atoms with E-state index in [9.17, 15) is 4.79 Å². The first-order chi connectivity index (χ1) is 11.8. The van der Waals surface area contributed by atoms with Crippen molar-refractivity contribution < 1.29 is 4.79 Å². The molecule has 0 aliphatic carbocycles. The molecule has 0 bridgehead atoms. The number of rotatable bonds is 8. The van der Waals surface area contributed by atoms with Crippen LogP contribution in [-0.2, 0) is 17.8 Å². The van der Waals surface area contributed by atoms with Crippen LogP contribution < -0.4 is 5.32 Å². The van der Waals surface area contributed by atoms with Crippen LogP contribution in [0.2, 0.25) is 0 Å². The van der Waals surface area contributed by atoms with E-state index in [1.165, 1.54) is 11.1 Å². The van der Waals surface area contributed by atoms with Crippen LogP contribution in [0, 0.1) is 0 Å². The van der Waals surface area contributed by atoms with Gasteiger partial charge in [0.25, 0.3) is 0 Å². The summed E-state index contributed by atoms with van der Waals surface area (Å²) in [6.07, 6.45) is 3.69. The highest BCUT2D eigenvalue weighted by Crippen LogP contribution is 2.21. The van der Waals surface area contributed by atoms with Gasteiger partial charge < -0.3 is 10.2 Å². The van der Waals surface area contributed by atoms with Gasteiger partial charge in [-0.3, -0.25) is 4.79 Å². The molecule has 0 radical (unpaired) electrons. The van der Waals surface area contributed by atoms with Crippen LogP contribution in [0.3, 0.4) is 0 Å². The Hall–Kier alpha value is -2.13. The summed E-state index contributed by atoms with van der Waals surface area (Å²) in [5, 5.41) is 3.50. The third kappa shape index (κ3) is 4.68. The minimum absolute atomic E-state index is 0.319. The molecule has 126 valence electrons. The highest BCUT2D eigenvalue weighted by molar-refractivity contribution is 5.78. The Bertz CT molecular complexity index is 627. The molecule has 3 nitrogen and oxygen atoms in total. The number of carbonyl (C=O) groups excluding carboxylic acids is 1. The Labute approximate surface area is 144 Å². The molecular formula is C21H26N2O. The van der Waals surface area contributed by atoms with Gasteiger partial charge in [-0.05, 0) is 36.9 Å². The van der Waals surface area contributed by atoms with Crippen molar-refractivity contribution in [1.29, 1.82) is 0 Å². The summed E-state index contributed by atoms with van der Waals surface area (Å²) in [7, 11) is 0. The maximum absolute atomic E-state index is 12.2. The fraction of sp³-hybridized carbons (Fsp3) is 0.381. The van der Waals surface area contributed by atoms with E-state index in [-0.39, 0.29) is 0 Å². The number of carbonyl (C=O) groups is 1. The predicted molar refractivity (Wildman–Crippen MR) is 97.6 cm³/mol. The average Bonchev–Trinajstić information content (AvgIpc) is 2.98. The Morgan fingerprint density at radius 3 is 2.33 bits per heavy atom. The van der Waals surface area contributed by atoms with E-state index < -0.39 is 0 Å². The van der Waals surface area contributed by atoms with E-state index >= 15 is 0 Å². The zero-order chi connectivity index (χ0) is 16.6. The van der Waals surface area contributed by atoms with Crippen molar-refractivity contribution in [1.82, 2.24) is 10.2 Å². The van der Waals surface area contributed by atoms with Crippen molar-refractivity contribution >= 4 is 5.91 Å². The number of amides is 1. The molecule has 0 saturated carbocycles. The van der Waals surface area contributed by atoms with E-state index in [4.69, 9.17) is 0 Å². The summed E-state index contributed by atoms with van der Waals surface area (Å²) in [4.78, 5) is 14.3. The van der Waals surface area contributed by atoms with Crippen molar-refractivity contribution in [3.63, 3.8) is 0 Å². The predicted octanol–water partition coefficient (Wildman–Crippen LogP) is 3.40. The maximum Gasteiger partial charge on any atom is 0.222 e. The Morgan fingerprint density at radius 2 is 1.62 bits per heavy atom. The number of hydrogen-bond donors (Lipinski definition) is 1. The molecule has 1 heterocycles. The SMILES string of the molecule is O=C1CCC(CCNCc2ccccc2)N1CCc1ccccc1. The number of hydrogen-bond acceptors (Lipinski definition) is 2. The van der Waals surface area contributed by atoms with Crippen LogP contribution >= 0.6 is 0 Å². The summed E-state index contributed by atoms with van der Waals surface area (Å²) >= 11 is 0. The summed E-state index contributed by atoms with van der Waals surface area (Å²) in [5.74, 6) is 0.319. The third-order valence-electron chi connectivity index (χ3n) is 4.76. The molecule has 24 heavy (non-hydrogen) atoms. The lowest BCUT2D eigenvalue weighted by Crippen LogP contribution is -2.36. The molecule has 2 aromatic carbocycles. The average molecular weight is 322 g/mol. The first-order valence-corrected chi connectivity index (χ1v) is 8.91. The molecule has 3 heteroatoms. The van der Waals surface area contributed by atoms with Gasteiger partial charge in [0.1, 0.15) is 0 Å². The number of benzene rings is 2. The molecular weight excluding hydrogens is 296 g/mol. The monoisotopic (exact) mass is 322 g/mol. The molecule has 3 rings (SSSR count).